The Morgan fingerprint density at radius 2 is 1.67 bits per heavy atom. The van der Waals surface area contributed by atoms with E-state index in [1.165, 1.54) is 5.56 Å². The van der Waals surface area contributed by atoms with Crippen LogP contribution in [0.5, 0.6) is 0 Å². The summed E-state index contributed by atoms with van der Waals surface area (Å²) >= 11 is 0. The van der Waals surface area contributed by atoms with Crippen molar-refractivity contribution in [2.45, 2.75) is 27.2 Å². The fourth-order valence-electron chi connectivity index (χ4n) is 0.534. The number of carbonyl (C=O) groups excluding carboxylic acids is 1. The third kappa shape index (κ3) is 7.00. The molecule has 0 N–H and O–H groups in total. The van der Waals surface area contributed by atoms with Gasteiger partial charge >= 0.3 is 0 Å². The van der Waals surface area contributed by atoms with Gasteiger partial charge in [0, 0.05) is 6.42 Å². The summed E-state index contributed by atoms with van der Waals surface area (Å²) < 4.78 is 0. The van der Waals surface area contributed by atoms with Crippen molar-refractivity contribution in [2.24, 2.45) is 0 Å². The van der Waals surface area contributed by atoms with Crippen LogP contribution in [0, 0.1) is 6.92 Å². The molecular formula is C11H16O. The fraction of sp³-hybridized carbons (Fsp3) is 0.364. The van der Waals surface area contributed by atoms with E-state index in [4.69, 9.17) is 0 Å². The molecule has 0 atom stereocenters. The maximum atomic E-state index is 9.81. The van der Waals surface area contributed by atoms with Crippen molar-refractivity contribution >= 4 is 5.78 Å². The average molecular weight is 164 g/mol. The molecule has 0 spiro atoms. The molecule has 12 heavy (non-hydrogen) atoms. The summed E-state index contributed by atoms with van der Waals surface area (Å²) in [6.45, 7) is 5.52. The Kier molecular flexibility index (Phi) is 5.98. The molecule has 0 unspecified atom stereocenters. The molecule has 0 fully saturated rings. The lowest BCUT2D eigenvalue weighted by molar-refractivity contribution is -0.116. The molecule has 0 aliphatic rings. The van der Waals surface area contributed by atoms with Gasteiger partial charge < -0.3 is 4.79 Å². The molecule has 1 aromatic rings. The Morgan fingerprint density at radius 1 is 1.25 bits per heavy atom. The second kappa shape index (κ2) is 6.59. The summed E-state index contributed by atoms with van der Waals surface area (Å²) in [5, 5.41) is 0. The lowest BCUT2D eigenvalue weighted by Crippen LogP contribution is -1.80. The molecule has 0 aliphatic carbocycles. The third-order valence-corrected chi connectivity index (χ3v) is 1.44. The number of benzene rings is 1. The average Bonchev–Trinajstić information content (AvgIpc) is 2.07. The highest BCUT2D eigenvalue weighted by Gasteiger charge is 1.76. The van der Waals surface area contributed by atoms with Crippen molar-refractivity contribution in [1.82, 2.24) is 0 Å². The highest BCUT2D eigenvalue weighted by atomic mass is 16.1. The molecule has 1 aromatic carbocycles. The number of rotatable bonds is 1. The Bertz CT molecular complexity index is 214. The monoisotopic (exact) mass is 164 g/mol. The lowest BCUT2D eigenvalue weighted by Gasteiger charge is -1.82. The minimum absolute atomic E-state index is 0.255. The summed E-state index contributed by atoms with van der Waals surface area (Å²) in [6.07, 6.45) is 0.667. The molecule has 1 rings (SSSR count). The van der Waals surface area contributed by atoms with Crippen LogP contribution in [-0.2, 0) is 4.79 Å². The number of hydrogen-bond donors (Lipinski definition) is 0. The molecule has 0 bridgehead atoms. The Labute approximate surface area is 74.4 Å². The van der Waals surface area contributed by atoms with Crippen molar-refractivity contribution < 1.29 is 4.79 Å². The van der Waals surface area contributed by atoms with E-state index < -0.39 is 0 Å². The highest BCUT2D eigenvalue weighted by molar-refractivity contribution is 5.74. The smallest absolute Gasteiger partial charge is 0.129 e. The van der Waals surface area contributed by atoms with Crippen LogP contribution in [0.3, 0.4) is 0 Å². The van der Waals surface area contributed by atoms with E-state index in [0.717, 1.165) is 0 Å². The van der Waals surface area contributed by atoms with Crippen LogP contribution in [0.2, 0.25) is 0 Å². The van der Waals surface area contributed by atoms with Gasteiger partial charge in [0.1, 0.15) is 5.78 Å². The molecule has 66 valence electrons. The van der Waals surface area contributed by atoms with Crippen LogP contribution in [0.4, 0.5) is 0 Å². The van der Waals surface area contributed by atoms with E-state index in [9.17, 15) is 4.79 Å². The molecule has 0 amide bonds. The third-order valence-electron chi connectivity index (χ3n) is 1.44. The van der Waals surface area contributed by atoms with Gasteiger partial charge in [0.25, 0.3) is 0 Å². The quantitative estimate of drug-likeness (QED) is 0.623. The van der Waals surface area contributed by atoms with Crippen LogP contribution in [-0.4, -0.2) is 5.78 Å². The largest absolute Gasteiger partial charge is 0.300 e. The maximum Gasteiger partial charge on any atom is 0.129 e. The first-order valence-electron chi connectivity index (χ1n) is 4.18. The van der Waals surface area contributed by atoms with Crippen molar-refractivity contribution in [2.75, 3.05) is 0 Å². The first-order valence-corrected chi connectivity index (χ1v) is 4.18. The van der Waals surface area contributed by atoms with E-state index in [1.807, 2.05) is 25.1 Å². The number of hydrogen-bond acceptors (Lipinski definition) is 1. The SMILES string of the molecule is CCC(C)=O.Cc1ccccc1. The predicted molar refractivity (Wildman–Crippen MR) is 52.2 cm³/mol. The van der Waals surface area contributed by atoms with Gasteiger partial charge in [0.05, 0.1) is 0 Å². The highest BCUT2D eigenvalue weighted by Crippen LogP contribution is 1.92. The normalized spacial score (nSPS) is 8.25. The molecule has 0 saturated carbocycles. The lowest BCUT2D eigenvalue weighted by atomic mass is 10.2. The maximum absolute atomic E-state index is 9.81. The molecule has 0 heterocycles. The second-order valence-electron chi connectivity index (χ2n) is 2.71. The zero-order valence-electron chi connectivity index (χ0n) is 8.00. The number of aryl methyl sites for hydroxylation is 1. The van der Waals surface area contributed by atoms with E-state index in [0.29, 0.717) is 6.42 Å². The Morgan fingerprint density at radius 3 is 1.83 bits per heavy atom. The molecule has 0 aromatic heterocycles. The topological polar surface area (TPSA) is 17.1 Å². The zero-order valence-corrected chi connectivity index (χ0v) is 8.00. The first kappa shape index (κ1) is 10.9. The Hall–Kier alpha value is -1.11. The van der Waals surface area contributed by atoms with E-state index in [2.05, 4.69) is 19.1 Å². The van der Waals surface area contributed by atoms with Crippen molar-refractivity contribution in [3.63, 3.8) is 0 Å². The zero-order chi connectivity index (χ0) is 9.40. The predicted octanol–water partition coefficient (Wildman–Crippen LogP) is 2.98. The summed E-state index contributed by atoms with van der Waals surface area (Å²) in [7, 11) is 0. The number of ketones is 1. The molecular weight excluding hydrogens is 148 g/mol. The van der Waals surface area contributed by atoms with Gasteiger partial charge in [-0.05, 0) is 13.8 Å². The Balaban J connectivity index is 0.000000217. The number of carbonyl (C=O) groups is 1. The second-order valence-corrected chi connectivity index (χ2v) is 2.71. The first-order chi connectivity index (χ1) is 5.66. The van der Waals surface area contributed by atoms with Crippen molar-refractivity contribution in [1.29, 1.82) is 0 Å². The fourth-order valence-corrected chi connectivity index (χ4v) is 0.534. The van der Waals surface area contributed by atoms with Crippen LogP contribution in [0.25, 0.3) is 0 Å². The standard InChI is InChI=1S/C7H8.C4H8O/c1-7-5-3-2-4-6-7;1-3-4(2)5/h2-6H,1H3;3H2,1-2H3. The summed E-state index contributed by atoms with van der Waals surface area (Å²) in [5.74, 6) is 0.255. The van der Waals surface area contributed by atoms with Gasteiger partial charge in [0.2, 0.25) is 0 Å². The van der Waals surface area contributed by atoms with E-state index >= 15 is 0 Å². The molecule has 0 aliphatic heterocycles. The van der Waals surface area contributed by atoms with Crippen LogP contribution in [0.15, 0.2) is 30.3 Å². The minimum atomic E-state index is 0.255. The van der Waals surface area contributed by atoms with Crippen molar-refractivity contribution in [3.05, 3.63) is 35.9 Å². The molecule has 1 nitrogen and oxygen atoms in total. The minimum Gasteiger partial charge on any atom is -0.300 e. The molecule has 1 heteroatoms. The van der Waals surface area contributed by atoms with Gasteiger partial charge in [-0.3, -0.25) is 0 Å². The van der Waals surface area contributed by atoms with E-state index in [1.54, 1.807) is 6.92 Å². The summed E-state index contributed by atoms with van der Waals surface area (Å²) in [5.41, 5.74) is 1.32. The number of Topliss-reactive ketones (excluding diaryl/α,β-unsaturated/α-hetero) is 1. The molecule has 0 radical (unpaired) electrons. The molecule has 0 saturated heterocycles. The van der Waals surface area contributed by atoms with Gasteiger partial charge in [0.15, 0.2) is 0 Å². The van der Waals surface area contributed by atoms with Crippen LogP contribution in [0.1, 0.15) is 25.8 Å². The van der Waals surface area contributed by atoms with E-state index in [-0.39, 0.29) is 5.78 Å². The van der Waals surface area contributed by atoms with Crippen LogP contribution < -0.4 is 0 Å². The van der Waals surface area contributed by atoms with Gasteiger partial charge in [-0.15, -0.1) is 0 Å². The summed E-state index contributed by atoms with van der Waals surface area (Å²) in [6, 6.07) is 10.3. The van der Waals surface area contributed by atoms with Gasteiger partial charge in [-0.25, -0.2) is 0 Å². The van der Waals surface area contributed by atoms with Gasteiger partial charge in [-0.2, -0.15) is 0 Å². The van der Waals surface area contributed by atoms with Crippen LogP contribution >= 0.6 is 0 Å². The summed E-state index contributed by atoms with van der Waals surface area (Å²) in [4.78, 5) is 9.81. The van der Waals surface area contributed by atoms with Crippen molar-refractivity contribution in [3.8, 4) is 0 Å². The van der Waals surface area contributed by atoms with Gasteiger partial charge in [-0.1, -0.05) is 42.8 Å².